The van der Waals surface area contributed by atoms with Crippen LogP contribution in [0.15, 0.2) is 73.1 Å². The van der Waals surface area contributed by atoms with Crippen molar-refractivity contribution >= 4 is 84.8 Å². The van der Waals surface area contributed by atoms with Gasteiger partial charge in [0.15, 0.2) is 0 Å². The van der Waals surface area contributed by atoms with E-state index >= 15 is 0 Å². The summed E-state index contributed by atoms with van der Waals surface area (Å²) in [6.07, 6.45) is 3.73. The van der Waals surface area contributed by atoms with Gasteiger partial charge in [-0.15, -0.1) is 22.7 Å². The Hall–Kier alpha value is -3.08. The zero-order chi connectivity index (χ0) is 18.2. The molecule has 28 heavy (non-hydrogen) atoms. The molecule has 3 aromatic carbocycles. The highest BCUT2D eigenvalue weighted by atomic mass is 32.1. The van der Waals surface area contributed by atoms with Gasteiger partial charge >= 0.3 is 0 Å². The topological polar surface area (TPSA) is 25.8 Å². The minimum atomic E-state index is 1.06. The molecule has 0 N–H and O–H groups in total. The average Bonchev–Trinajstić information content (AvgIpc) is 3.25. The third-order valence-electron chi connectivity index (χ3n) is 5.51. The minimum absolute atomic E-state index is 1.06. The molecule has 0 aliphatic heterocycles. The maximum absolute atomic E-state index is 4.55. The highest BCUT2D eigenvalue weighted by molar-refractivity contribution is 7.27. The van der Waals surface area contributed by atoms with Gasteiger partial charge in [-0.3, -0.25) is 9.97 Å². The van der Waals surface area contributed by atoms with Crippen molar-refractivity contribution in [3.05, 3.63) is 73.1 Å². The maximum atomic E-state index is 4.55. The molecule has 4 heterocycles. The number of thiophene rings is 2. The smallest absolute Gasteiger partial charge is 0.0709 e. The summed E-state index contributed by atoms with van der Waals surface area (Å²) in [6.45, 7) is 0. The van der Waals surface area contributed by atoms with E-state index in [4.69, 9.17) is 0 Å². The number of pyridine rings is 2. The van der Waals surface area contributed by atoms with Crippen molar-refractivity contribution in [2.45, 2.75) is 0 Å². The number of nitrogens with zero attached hydrogens (tertiary/aromatic N) is 2. The lowest BCUT2D eigenvalue weighted by molar-refractivity contribution is 1.42. The minimum Gasteiger partial charge on any atom is -0.256 e. The monoisotopic (exact) mass is 392 g/mol. The van der Waals surface area contributed by atoms with E-state index in [2.05, 4.69) is 58.5 Å². The molecule has 0 spiro atoms. The van der Waals surface area contributed by atoms with Gasteiger partial charge in [-0.05, 0) is 48.5 Å². The molecule has 0 radical (unpaired) electrons. The standard InChI is InChI=1S/C24H12N2S2/c1-3-13-7-21-15(9-19(13)25-5-1)17-11-24-18(12-23(17)27-21)16-10-20-14(4-2-6-26-20)8-22(16)28-24/h1-12H. The van der Waals surface area contributed by atoms with Crippen LogP contribution < -0.4 is 0 Å². The highest BCUT2D eigenvalue weighted by Gasteiger charge is 2.12. The zero-order valence-corrected chi connectivity index (χ0v) is 16.3. The van der Waals surface area contributed by atoms with Crippen LogP contribution in [0.2, 0.25) is 0 Å². The van der Waals surface area contributed by atoms with E-state index in [0.29, 0.717) is 0 Å². The molecular weight excluding hydrogens is 380 g/mol. The number of hydrogen-bond acceptors (Lipinski definition) is 4. The fourth-order valence-corrected chi connectivity index (χ4v) is 6.49. The Kier molecular flexibility index (Phi) is 2.80. The summed E-state index contributed by atoms with van der Waals surface area (Å²) in [7, 11) is 0. The van der Waals surface area contributed by atoms with E-state index in [1.807, 2.05) is 47.2 Å². The van der Waals surface area contributed by atoms with Gasteiger partial charge in [-0.25, -0.2) is 0 Å². The van der Waals surface area contributed by atoms with Gasteiger partial charge < -0.3 is 0 Å². The van der Waals surface area contributed by atoms with Crippen molar-refractivity contribution < 1.29 is 0 Å². The lowest BCUT2D eigenvalue weighted by Crippen LogP contribution is -1.77. The molecule has 0 unspecified atom stereocenters. The molecule has 7 rings (SSSR count). The number of hydrogen-bond donors (Lipinski definition) is 0. The summed E-state index contributed by atoms with van der Waals surface area (Å²) < 4.78 is 5.31. The molecule has 0 bridgehead atoms. The Morgan fingerprint density at radius 2 is 0.929 bits per heavy atom. The van der Waals surface area contributed by atoms with Crippen molar-refractivity contribution in [3.63, 3.8) is 0 Å². The normalized spacial score (nSPS) is 12.3. The Morgan fingerprint density at radius 1 is 0.500 bits per heavy atom. The fraction of sp³-hybridized carbons (Fsp3) is 0. The third kappa shape index (κ3) is 1.96. The summed E-state index contributed by atoms with van der Waals surface area (Å²) in [4.78, 5) is 9.09. The van der Waals surface area contributed by atoms with Gasteiger partial charge in [-0.2, -0.15) is 0 Å². The number of benzene rings is 3. The van der Waals surface area contributed by atoms with Gasteiger partial charge in [0.1, 0.15) is 0 Å². The lowest BCUT2D eigenvalue weighted by Gasteiger charge is -1.98. The first kappa shape index (κ1) is 14.9. The fourth-order valence-electron chi connectivity index (χ4n) is 4.18. The van der Waals surface area contributed by atoms with Crippen molar-refractivity contribution in [1.29, 1.82) is 0 Å². The number of fused-ring (bicyclic) bond motifs is 8. The molecule has 0 saturated heterocycles. The Balaban J connectivity index is 1.62. The predicted molar refractivity (Wildman–Crippen MR) is 123 cm³/mol. The van der Waals surface area contributed by atoms with Crippen LogP contribution in [0, 0.1) is 0 Å². The van der Waals surface area contributed by atoms with E-state index in [-0.39, 0.29) is 0 Å². The molecule has 4 heteroatoms. The predicted octanol–water partition coefficient (Wildman–Crippen LogP) is 7.52. The SMILES string of the molecule is c1cnc2cc3c(cc2c1)sc1cc2c(cc13)sc1cc3cccnc3cc12. The van der Waals surface area contributed by atoms with Crippen LogP contribution >= 0.6 is 22.7 Å². The summed E-state index contributed by atoms with van der Waals surface area (Å²) in [5.41, 5.74) is 2.12. The second-order valence-corrected chi connectivity index (χ2v) is 9.31. The van der Waals surface area contributed by atoms with Crippen LogP contribution in [0.1, 0.15) is 0 Å². The van der Waals surface area contributed by atoms with Gasteiger partial charge in [-0.1, -0.05) is 12.1 Å². The van der Waals surface area contributed by atoms with E-state index in [1.165, 1.54) is 51.1 Å². The van der Waals surface area contributed by atoms with E-state index in [1.54, 1.807) is 0 Å². The molecule has 0 aliphatic carbocycles. The lowest BCUT2D eigenvalue weighted by atomic mass is 10.1. The molecule has 0 atom stereocenters. The van der Waals surface area contributed by atoms with Crippen molar-refractivity contribution in [2.75, 3.05) is 0 Å². The second kappa shape index (κ2) is 5.25. The van der Waals surface area contributed by atoms with Crippen molar-refractivity contribution in [3.8, 4) is 0 Å². The van der Waals surface area contributed by atoms with Crippen LogP contribution in [0.5, 0.6) is 0 Å². The summed E-state index contributed by atoms with van der Waals surface area (Å²) in [5.74, 6) is 0. The zero-order valence-electron chi connectivity index (χ0n) is 14.6. The van der Waals surface area contributed by atoms with Gasteiger partial charge in [0.05, 0.1) is 11.0 Å². The van der Waals surface area contributed by atoms with Crippen LogP contribution in [0.3, 0.4) is 0 Å². The molecule has 0 aliphatic rings. The Bertz CT molecular complexity index is 1590. The van der Waals surface area contributed by atoms with Crippen LogP contribution in [-0.2, 0) is 0 Å². The Morgan fingerprint density at radius 3 is 1.43 bits per heavy atom. The maximum Gasteiger partial charge on any atom is 0.0709 e. The van der Waals surface area contributed by atoms with Gasteiger partial charge in [0.2, 0.25) is 0 Å². The number of aromatic nitrogens is 2. The summed E-state index contributed by atoms with van der Waals surface area (Å²) in [6, 6.07) is 22.0. The van der Waals surface area contributed by atoms with Gasteiger partial charge in [0.25, 0.3) is 0 Å². The molecule has 130 valence electrons. The molecule has 0 saturated carbocycles. The molecular formula is C24H12N2S2. The van der Waals surface area contributed by atoms with Crippen molar-refractivity contribution in [1.82, 2.24) is 9.97 Å². The largest absolute Gasteiger partial charge is 0.256 e. The first-order valence-corrected chi connectivity index (χ1v) is 10.8. The highest BCUT2D eigenvalue weighted by Crippen LogP contribution is 2.43. The quantitative estimate of drug-likeness (QED) is 0.267. The third-order valence-corrected chi connectivity index (χ3v) is 7.74. The first-order chi connectivity index (χ1) is 13.8. The van der Waals surface area contributed by atoms with E-state index in [9.17, 15) is 0 Å². The van der Waals surface area contributed by atoms with Crippen LogP contribution in [0.25, 0.3) is 62.2 Å². The van der Waals surface area contributed by atoms with E-state index in [0.717, 1.165) is 11.0 Å². The first-order valence-electron chi connectivity index (χ1n) is 9.15. The van der Waals surface area contributed by atoms with Crippen molar-refractivity contribution in [2.24, 2.45) is 0 Å². The number of rotatable bonds is 0. The average molecular weight is 393 g/mol. The van der Waals surface area contributed by atoms with Crippen LogP contribution in [-0.4, -0.2) is 9.97 Å². The molecule has 0 amide bonds. The molecule has 2 nitrogen and oxygen atoms in total. The second-order valence-electron chi connectivity index (χ2n) is 7.14. The Labute approximate surface area is 167 Å². The molecule has 4 aromatic heterocycles. The van der Waals surface area contributed by atoms with Crippen LogP contribution in [0.4, 0.5) is 0 Å². The summed E-state index contributed by atoms with van der Waals surface area (Å²) in [5, 5.41) is 7.66. The van der Waals surface area contributed by atoms with Gasteiger partial charge in [0, 0.05) is 63.5 Å². The van der Waals surface area contributed by atoms with E-state index < -0.39 is 0 Å². The summed E-state index contributed by atoms with van der Waals surface area (Å²) >= 11 is 3.74. The molecule has 0 fully saturated rings. The molecule has 7 aromatic rings.